The minimum atomic E-state index is -1.16. The van der Waals surface area contributed by atoms with Crippen LogP contribution in [0, 0.1) is 5.92 Å². The summed E-state index contributed by atoms with van der Waals surface area (Å²) >= 11 is 2.98. The maximum atomic E-state index is 12.5. The lowest BCUT2D eigenvalue weighted by Gasteiger charge is -2.23. The van der Waals surface area contributed by atoms with E-state index in [4.69, 9.17) is 9.47 Å². The quantitative estimate of drug-likeness (QED) is 0.358. The Morgan fingerprint density at radius 3 is 2.24 bits per heavy atom. The van der Waals surface area contributed by atoms with Crippen LogP contribution < -0.4 is 5.32 Å². The van der Waals surface area contributed by atoms with Gasteiger partial charge in [-0.15, -0.1) is 11.3 Å². The van der Waals surface area contributed by atoms with Gasteiger partial charge in [-0.3, -0.25) is 9.59 Å². The van der Waals surface area contributed by atoms with Crippen LogP contribution in [0.5, 0.6) is 0 Å². The highest BCUT2D eigenvalue weighted by Gasteiger charge is 2.39. The highest BCUT2D eigenvalue weighted by Crippen LogP contribution is 2.38. The molecule has 0 aliphatic carbocycles. The summed E-state index contributed by atoms with van der Waals surface area (Å²) in [6.07, 6.45) is 0. The molecular weight excluding hydrogens is 408 g/mol. The van der Waals surface area contributed by atoms with Crippen LogP contribution in [0.25, 0.3) is 20.3 Å². The van der Waals surface area contributed by atoms with E-state index in [-0.39, 0.29) is 0 Å². The van der Waals surface area contributed by atoms with Gasteiger partial charge in [0, 0.05) is 9.58 Å². The predicted molar refractivity (Wildman–Crippen MR) is 115 cm³/mol. The molecule has 2 aromatic carbocycles. The van der Waals surface area contributed by atoms with Gasteiger partial charge in [-0.05, 0) is 29.7 Å². The summed E-state index contributed by atoms with van der Waals surface area (Å²) in [5.74, 6) is -2.48. The number of para-hydroxylation sites is 1. The lowest BCUT2D eigenvalue weighted by Crippen LogP contribution is -2.35. The van der Waals surface area contributed by atoms with Crippen LogP contribution in [0.2, 0.25) is 0 Å². The lowest BCUT2D eigenvalue weighted by atomic mass is 9.98. The molecule has 4 aromatic rings. The van der Waals surface area contributed by atoms with E-state index in [2.05, 4.69) is 10.3 Å². The molecule has 6 nitrogen and oxygen atoms in total. The molecule has 0 unspecified atom stereocenters. The monoisotopic (exact) mass is 426 g/mol. The number of hydrogen-bond donors (Lipinski definition) is 1. The number of carbonyl (C=O) groups excluding carboxylic acids is 2. The van der Waals surface area contributed by atoms with Crippen molar-refractivity contribution in [3.8, 4) is 0 Å². The summed E-state index contributed by atoms with van der Waals surface area (Å²) in [5, 5.41) is 4.95. The summed E-state index contributed by atoms with van der Waals surface area (Å²) in [4.78, 5) is 30.5. The number of thiophene rings is 1. The molecule has 0 saturated carbocycles. The van der Waals surface area contributed by atoms with Crippen LogP contribution >= 0.6 is 22.7 Å². The Morgan fingerprint density at radius 2 is 1.59 bits per heavy atom. The molecule has 0 aliphatic heterocycles. The minimum absolute atomic E-state index is 0.617. The van der Waals surface area contributed by atoms with Gasteiger partial charge in [-0.25, -0.2) is 4.98 Å². The number of nitrogens with zero attached hydrogens (tertiary/aromatic N) is 1. The average Bonchev–Trinajstić information content (AvgIpc) is 3.36. The molecule has 0 amide bonds. The fourth-order valence-electron chi connectivity index (χ4n) is 3.16. The maximum Gasteiger partial charge on any atom is 0.322 e. The van der Waals surface area contributed by atoms with E-state index in [1.54, 1.807) is 0 Å². The Hall–Kier alpha value is -2.97. The molecule has 1 N–H and O–H groups in total. The van der Waals surface area contributed by atoms with Gasteiger partial charge in [0.2, 0.25) is 0 Å². The molecule has 0 radical (unpaired) electrons. The first-order valence-corrected chi connectivity index (χ1v) is 10.5. The number of thiazole rings is 1. The van der Waals surface area contributed by atoms with Crippen LogP contribution in [0.3, 0.4) is 0 Å². The first kappa shape index (κ1) is 19.4. The molecule has 0 aliphatic rings. The van der Waals surface area contributed by atoms with Gasteiger partial charge < -0.3 is 14.8 Å². The number of aromatic nitrogens is 1. The van der Waals surface area contributed by atoms with Gasteiger partial charge >= 0.3 is 11.9 Å². The second kappa shape index (κ2) is 8.18. The van der Waals surface area contributed by atoms with Gasteiger partial charge in [0.1, 0.15) is 0 Å². The molecule has 0 spiro atoms. The first-order chi connectivity index (χ1) is 14.1. The van der Waals surface area contributed by atoms with Crippen molar-refractivity contribution in [1.82, 2.24) is 4.98 Å². The van der Waals surface area contributed by atoms with Crippen molar-refractivity contribution in [2.24, 2.45) is 5.92 Å². The third-order valence-corrected chi connectivity index (χ3v) is 6.73. The van der Waals surface area contributed by atoms with Crippen LogP contribution in [0.15, 0.2) is 54.6 Å². The Morgan fingerprint density at radius 1 is 0.931 bits per heavy atom. The fraction of sp³-hybridized carbons (Fsp3) is 0.190. The van der Waals surface area contributed by atoms with Crippen molar-refractivity contribution in [2.45, 2.75) is 6.04 Å². The summed E-state index contributed by atoms with van der Waals surface area (Å²) in [6, 6.07) is 17.0. The summed E-state index contributed by atoms with van der Waals surface area (Å²) in [7, 11) is 2.52. The molecule has 148 valence electrons. The zero-order valence-corrected chi connectivity index (χ0v) is 17.4. The van der Waals surface area contributed by atoms with Crippen LogP contribution in [-0.2, 0) is 19.1 Å². The Kier molecular flexibility index (Phi) is 5.46. The second-order valence-electron chi connectivity index (χ2n) is 6.32. The van der Waals surface area contributed by atoms with E-state index in [9.17, 15) is 9.59 Å². The minimum Gasteiger partial charge on any atom is -0.468 e. The molecule has 0 saturated heterocycles. The third-order valence-electron chi connectivity index (χ3n) is 4.57. The van der Waals surface area contributed by atoms with E-state index in [1.165, 1.54) is 36.9 Å². The van der Waals surface area contributed by atoms with E-state index >= 15 is 0 Å². The number of carbonyl (C=O) groups is 2. The number of fused-ring (bicyclic) bond motifs is 2. The van der Waals surface area contributed by atoms with Crippen LogP contribution in [0.1, 0.15) is 10.9 Å². The molecular formula is C21H18N2O4S2. The number of rotatable bonds is 6. The Balaban J connectivity index is 1.80. The van der Waals surface area contributed by atoms with Crippen LogP contribution in [-0.4, -0.2) is 31.1 Å². The number of benzene rings is 2. The molecule has 2 aromatic heterocycles. The lowest BCUT2D eigenvalue weighted by molar-refractivity contribution is -0.159. The molecule has 4 rings (SSSR count). The van der Waals surface area contributed by atoms with Gasteiger partial charge in [-0.2, -0.15) is 0 Å². The average molecular weight is 427 g/mol. The van der Waals surface area contributed by atoms with Gasteiger partial charge in [0.15, 0.2) is 11.0 Å². The third kappa shape index (κ3) is 3.81. The van der Waals surface area contributed by atoms with Crippen molar-refractivity contribution in [1.29, 1.82) is 0 Å². The number of anilines is 1. The summed E-state index contributed by atoms with van der Waals surface area (Å²) in [6.45, 7) is 0. The number of nitrogens with one attached hydrogen (secondary N) is 1. The molecule has 0 bridgehead atoms. The van der Waals surface area contributed by atoms with Gasteiger partial charge in [0.05, 0.1) is 30.5 Å². The van der Waals surface area contributed by atoms with E-state index in [0.29, 0.717) is 5.13 Å². The molecule has 2 heterocycles. The molecule has 0 fully saturated rings. The summed E-state index contributed by atoms with van der Waals surface area (Å²) in [5.41, 5.74) is 0.850. The van der Waals surface area contributed by atoms with E-state index in [1.807, 2.05) is 54.6 Å². The van der Waals surface area contributed by atoms with Crippen LogP contribution in [0.4, 0.5) is 5.13 Å². The van der Waals surface area contributed by atoms with Gasteiger partial charge in [0.25, 0.3) is 0 Å². The molecule has 29 heavy (non-hydrogen) atoms. The highest BCUT2D eigenvalue weighted by molar-refractivity contribution is 7.22. The first-order valence-electron chi connectivity index (χ1n) is 8.87. The van der Waals surface area contributed by atoms with E-state index in [0.717, 1.165) is 25.2 Å². The normalized spacial score (nSPS) is 12.2. The standard InChI is InChI=1S/C21H18N2O4S2/c1-26-19(24)17(20(25)27-2)18(16-11-12-7-3-5-9-14(12)28-16)23-21-22-13-8-4-6-10-15(13)29-21/h3-11,17-18H,1-2H3,(H,22,23)/t18-/m1/s1. The molecule has 8 heteroatoms. The van der Waals surface area contributed by atoms with Crippen molar-refractivity contribution < 1.29 is 19.1 Å². The Labute approximate surface area is 175 Å². The second-order valence-corrected chi connectivity index (χ2v) is 8.47. The predicted octanol–water partition coefficient (Wildman–Crippen LogP) is 4.63. The van der Waals surface area contributed by atoms with Crippen molar-refractivity contribution in [3.05, 3.63) is 59.5 Å². The smallest absolute Gasteiger partial charge is 0.322 e. The van der Waals surface area contributed by atoms with Gasteiger partial charge in [-0.1, -0.05) is 41.7 Å². The number of methoxy groups -OCH3 is 2. The van der Waals surface area contributed by atoms with Crippen molar-refractivity contribution in [2.75, 3.05) is 19.5 Å². The SMILES string of the molecule is COC(=O)C(C(=O)OC)[C@H](Nc1nc2ccccc2s1)c1cc2ccccc2s1. The maximum absolute atomic E-state index is 12.5. The highest BCUT2D eigenvalue weighted by atomic mass is 32.1. The Bertz CT molecular complexity index is 1100. The summed E-state index contributed by atoms with van der Waals surface area (Å²) < 4.78 is 11.9. The largest absolute Gasteiger partial charge is 0.468 e. The zero-order chi connectivity index (χ0) is 20.4. The van der Waals surface area contributed by atoms with E-state index < -0.39 is 23.9 Å². The number of ether oxygens (including phenoxy) is 2. The van der Waals surface area contributed by atoms with Crippen molar-refractivity contribution in [3.63, 3.8) is 0 Å². The topological polar surface area (TPSA) is 77.5 Å². The molecule has 1 atom stereocenters. The fourth-order valence-corrected chi connectivity index (χ4v) is 5.22. The van der Waals surface area contributed by atoms with Crippen molar-refractivity contribution >= 4 is 60.0 Å². The number of hydrogen-bond acceptors (Lipinski definition) is 8. The number of esters is 2. The zero-order valence-electron chi connectivity index (χ0n) is 15.7.